The number of hydrogen-bond acceptors (Lipinski definition) is 7. The highest BCUT2D eigenvalue weighted by atomic mass is 32.2. The molecular weight excluding hydrogens is 320 g/mol. The zero-order valence-electron chi connectivity index (χ0n) is 12.8. The maximum atomic E-state index is 11.3. The molecule has 0 N–H and O–H groups in total. The number of aromatic nitrogens is 5. The topological polar surface area (TPSA) is 105 Å². The molecule has 3 heterocycles. The molecule has 120 valence electrons. The van der Waals surface area contributed by atoms with Crippen LogP contribution in [-0.4, -0.2) is 29.5 Å². The third kappa shape index (κ3) is 2.61. The largest absolute Gasteiger partial charge is 0.461 e. The van der Waals surface area contributed by atoms with Gasteiger partial charge in [-0.15, -0.1) is 10.2 Å². The molecule has 3 rings (SSSR count). The molecular formula is C13H14N6O3S. The summed E-state index contributed by atoms with van der Waals surface area (Å²) in [4.78, 5) is 10.9. The van der Waals surface area contributed by atoms with Crippen molar-refractivity contribution in [2.24, 2.45) is 7.05 Å². The summed E-state index contributed by atoms with van der Waals surface area (Å²) < 4.78 is 8.64. The molecule has 0 atom stereocenters. The van der Waals surface area contributed by atoms with Crippen molar-refractivity contribution in [2.75, 3.05) is 0 Å². The zero-order valence-corrected chi connectivity index (χ0v) is 13.6. The Bertz CT molecular complexity index is 852. The van der Waals surface area contributed by atoms with Crippen LogP contribution in [-0.2, 0) is 13.6 Å². The van der Waals surface area contributed by atoms with E-state index in [1.165, 1.54) is 11.8 Å². The second-order valence-electron chi connectivity index (χ2n) is 4.76. The van der Waals surface area contributed by atoms with Crippen LogP contribution >= 0.6 is 11.8 Å². The summed E-state index contributed by atoms with van der Waals surface area (Å²) in [5.74, 6) is 1.14. The maximum Gasteiger partial charge on any atom is 0.324 e. The maximum absolute atomic E-state index is 11.3. The molecule has 0 fully saturated rings. The Morgan fingerprint density at radius 1 is 1.43 bits per heavy atom. The van der Waals surface area contributed by atoms with Gasteiger partial charge in [-0.1, -0.05) is 0 Å². The lowest BCUT2D eigenvalue weighted by molar-refractivity contribution is -0.388. The standard InChI is InChI=1S/C13H14N6O3S/c1-4-18-12(10(19(20)21)8(2)16-18)23-13-15-14-11(17(13)3)9-6-5-7-22-9/h5-7H,4H2,1-3H3. The number of hydrogen-bond donors (Lipinski definition) is 0. The highest BCUT2D eigenvalue weighted by molar-refractivity contribution is 7.99. The number of furan rings is 1. The van der Waals surface area contributed by atoms with Crippen LogP contribution in [0.2, 0.25) is 0 Å². The van der Waals surface area contributed by atoms with Gasteiger partial charge in [0.2, 0.25) is 0 Å². The minimum absolute atomic E-state index is 0.000557. The van der Waals surface area contributed by atoms with Gasteiger partial charge < -0.3 is 8.98 Å². The molecule has 0 saturated carbocycles. The molecule has 3 aromatic heterocycles. The molecule has 9 nitrogen and oxygen atoms in total. The minimum Gasteiger partial charge on any atom is -0.461 e. The molecule has 10 heteroatoms. The third-order valence-corrected chi connectivity index (χ3v) is 4.43. The fraction of sp³-hybridized carbons (Fsp3) is 0.308. The van der Waals surface area contributed by atoms with E-state index in [1.54, 1.807) is 41.6 Å². The second kappa shape index (κ2) is 5.88. The van der Waals surface area contributed by atoms with Gasteiger partial charge in [-0.05, 0) is 37.7 Å². The van der Waals surface area contributed by atoms with Crippen molar-refractivity contribution >= 4 is 17.4 Å². The molecule has 0 bridgehead atoms. The summed E-state index contributed by atoms with van der Waals surface area (Å²) in [6, 6.07) is 3.54. The number of aryl methyl sites for hydroxylation is 2. The highest BCUT2D eigenvalue weighted by Gasteiger charge is 2.27. The fourth-order valence-electron chi connectivity index (χ4n) is 2.19. The molecule has 0 radical (unpaired) electrons. The molecule has 0 aliphatic rings. The van der Waals surface area contributed by atoms with Gasteiger partial charge in [-0.2, -0.15) is 5.10 Å². The van der Waals surface area contributed by atoms with Crippen LogP contribution in [0.1, 0.15) is 12.6 Å². The van der Waals surface area contributed by atoms with Gasteiger partial charge in [0.25, 0.3) is 0 Å². The van der Waals surface area contributed by atoms with E-state index in [0.29, 0.717) is 34.0 Å². The van der Waals surface area contributed by atoms with Crippen molar-refractivity contribution in [1.82, 2.24) is 24.5 Å². The van der Waals surface area contributed by atoms with Gasteiger partial charge in [0.1, 0.15) is 5.69 Å². The molecule has 0 unspecified atom stereocenters. The van der Waals surface area contributed by atoms with Crippen molar-refractivity contribution in [1.29, 1.82) is 0 Å². The number of rotatable bonds is 5. The summed E-state index contributed by atoms with van der Waals surface area (Å²) in [6.07, 6.45) is 1.55. The van der Waals surface area contributed by atoms with Crippen LogP contribution < -0.4 is 0 Å². The van der Waals surface area contributed by atoms with E-state index in [0.717, 1.165) is 0 Å². The lowest BCUT2D eigenvalue weighted by Gasteiger charge is -2.04. The normalized spacial score (nSPS) is 11.1. The van der Waals surface area contributed by atoms with Crippen molar-refractivity contribution in [3.05, 3.63) is 34.2 Å². The van der Waals surface area contributed by atoms with Crippen molar-refractivity contribution in [3.63, 3.8) is 0 Å². The van der Waals surface area contributed by atoms with Crippen molar-refractivity contribution < 1.29 is 9.34 Å². The van der Waals surface area contributed by atoms with E-state index >= 15 is 0 Å². The molecule has 0 spiro atoms. The van der Waals surface area contributed by atoms with Crippen LogP contribution in [0, 0.1) is 17.0 Å². The van der Waals surface area contributed by atoms with E-state index in [2.05, 4.69) is 15.3 Å². The predicted molar refractivity (Wildman–Crippen MR) is 82.1 cm³/mol. The molecule has 23 heavy (non-hydrogen) atoms. The van der Waals surface area contributed by atoms with Crippen molar-refractivity contribution in [2.45, 2.75) is 30.6 Å². The summed E-state index contributed by atoms with van der Waals surface area (Å²) in [6.45, 7) is 4.03. The van der Waals surface area contributed by atoms with Crippen molar-refractivity contribution in [3.8, 4) is 11.6 Å². The molecule has 0 aromatic carbocycles. The first-order valence-corrected chi connectivity index (χ1v) is 7.67. The highest BCUT2D eigenvalue weighted by Crippen LogP contribution is 2.36. The summed E-state index contributed by atoms with van der Waals surface area (Å²) in [7, 11) is 1.78. The first-order valence-electron chi connectivity index (χ1n) is 6.85. The Morgan fingerprint density at radius 3 is 2.83 bits per heavy atom. The molecule has 0 aliphatic carbocycles. The average Bonchev–Trinajstić information content (AvgIpc) is 3.20. The Kier molecular flexibility index (Phi) is 3.90. The smallest absolute Gasteiger partial charge is 0.324 e. The summed E-state index contributed by atoms with van der Waals surface area (Å²) in [5, 5.41) is 24.7. The molecule has 3 aromatic rings. The van der Waals surface area contributed by atoms with Crippen LogP contribution in [0.4, 0.5) is 5.69 Å². The second-order valence-corrected chi connectivity index (χ2v) is 5.71. The SMILES string of the molecule is CCn1nc(C)c([N+](=O)[O-])c1Sc1nnc(-c2ccco2)n1C. The number of nitro groups is 1. The van der Waals surface area contributed by atoms with Crippen LogP contribution in [0.15, 0.2) is 33.0 Å². The van der Waals surface area contributed by atoms with Gasteiger partial charge in [-0.25, -0.2) is 0 Å². The van der Waals surface area contributed by atoms with E-state index in [1.807, 2.05) is 6.92 Å². The number of nitrogens with zero attached hydrogens (tertiary/aromatic N) is 6. The quantitative estimate of drug-likeness (QED) is 0.521. The molecule has 0 aliphatic heterocycles. The average molecular weight is 334 g/mol. The van der Waals surface area contributed by atoms with Crippen LogP contribution in [0.25, 0.3) is 11.6 Å². The third-order valence-electron chi connectivity index (χ3n) is 3.30. The van der Waals surface area contributed by atoms with Gasteiger partial charge in [0.05, 0.1) is 11.2 Å². The lowest BCUT2D eigenvalue weighted by atomic mass is 10.4. The van der Waals surface area contributed by atoms with Gasteiger partial charge in [0.15, 0.2) is 21.8 Å². The summed E-state index contributed by atoms with van der Waals surface area (Å²) >= 11 is 1.17. The Labute approximate surface area is 135 Å². The van der Waals surface area contributed by atoms with E-state index in [9.17, 15) is 10.1 Å². The first kappa shape index (κ1) is 15.3. The Balaban J connectivity index is 2.02. The van der Waals surface area contributed by atoms with Gasteiger partial charge >= 0.3 is 5.69 Å². The van der Waals surface area contributed by atoms with E-state index < -0.39 is 4.92 Å². The van der Waals surface area contributed by atoms with E-state index in [-0.39, 0.29) is 5.69 Å². The predicted octanol–water partition coefficient (Wildman–Crippen LogP) is 2.66. The zero-order chi connectivity index (χ0) is 16.6. The van der Waals surface area contributed by atoms with Gasteiger partial charge in [-0.3, -0.25) is 14.8 Å². The first-order chi connectivity index (χ1) is 11.0. The van der Waals surface area contributed by atoms with Crippen LogP contribution in [0.5, 0.6) is 0 Å². The molecule has 0 saturated heterocycles. The van der Waals surface area contributed by atoms with Gasteiger partial charge in [0, 0.05) is 13.6 Å². The van der Waals surface area contributed by atoms with E-state index in [4.69, 9.17) is 4.42 Å². The Morgan fingerprint density at radius 2 is 2.22 bits per heavy atom. The fourth-order valence-corrected chi connectivity index (χ4v) is 3.26. The van der Waals surface area contributed by atoms with Crippen LogP contribution in [0.3, 0.4) is 0 Å². The summed E-state index contributed by atoms with van der Waals surface area (Å²) in [5.41, 5.74) is 0.382. The molecule has 0 amide bonds. The minimum atomic E-state index is -0.416. The lowest BCUT2D eigenvalue weighted by Crippen LogP contribution is -2.01. The monoisotopic (exact) mass is 334 g/mol. The Hall–Kier alpha value is -2.62.